The SMILES string of the molecule is Cc1cc(C)c(C)c(Oc2cc(NC(=O)CCn3nc(C(F)(F)F)cc3C3CC3)cc([N+](=O)[O-])c2)c1. The van der Waals surface area contributed by atoms with E-state index in [0.29, 0.717) is 11.4 Å². The van der Waals surface area contributed by atoms with Crippen LogP contribution in [0.3, 0.4) is 0 Å². The van der Waals surface area contributed by atoms with Gasteiger partial charge < -0.3 is 10.1 Å². The van der Waals surface area contributed by atoms with Crippen molar-refractivity contribution in [3.63, 3.8) is 0 Å². The van der Waals surface area contributed by atoms with Crippen LogP contribution in [0.15, 0.2) is 36.4 Å². The Bertz CT molecular complexity index is 1330. The molecule has 11 heteroatoms. The van der Waals surface area contributed by atoms with E-state index < -0.39 is 22.7 Å². The lowest BCUT2D eigenvalue weighted by atomic mass is 10.1. The van der Waals surface area contributed by atoms with Crippen molar-refractivity contribution in [2.24, 2.45) is 0 Å². The number of carbonyl (C=O) groups is 1. The smallest absolute Gasteiger partial charge is 0.435 e. The third-order valence-electron chi connectivity index (χ3n) is 6.03. The van der Waals surface area contributed by atoms with Crippen LogP contribution in [-0.2, 0) is 17.5 Å². The molecule has 8 nitrogen and oxygen atoms in total. The van der Waals surface area contributed by atoms with E-state index in [9.17, 15) is 28.1 Å². The van der Waals surface area contributed by atoms with Crippen LogP contribution in [-0.4, -0.2) is 20.6 Å². The normalized spacial score (nSPS) is 13.5. The van der Waals surface area contributed by atoms with Crippen LogP contribution in [0.5, 0.6) is 11.5 Å². The molecule has 0 radical (unpaired) electrons. The molecular formula is C25H25F3N4O4. The summed E-state index contributed by atoms with van der Waals surface area (Å²) in [6.07, 6.45) is -3.16. The second-order valence-corrected chi connectivity index (χ2v) is 9.03. The number of amides is 1. The maximum Gasteiger partial charge on any atom is 0.435 e. The summed E-state index contributed by atoms with van der Waals surface area (Å²) in [6.45, 7) is 5.66. The van der Waals surface area contributed by atoms with Crippen LogP contribution in [0.1, 0.15) is 53.3 Å². The number of benzene rings is 2. The van der Waals surface area contributed by atoms with E-state index in [2.05, 4.69) is 10.4 Å². The fourth-order valence-corrected chi connectivity index (χ4v) is 3.94. The number of alkyl halides is 3. The Kier molecular flexibility index (Phi) is 6.75. The first kappa shape index (κ1) is 25.2. The Morgan fingerprint density at radius 1 is 1.17 bits per heavy atom. The number of carbonyl (C=O) groups excluding carboxylic acids is 1. The number of aromatic nitrogens is 2. The Morgan fingerprint density at radius 3 is 2.53 bits per heavy atom. The average molecular weight is 502 g/mol. The minimum Gasteiger partial charge on any atom is -0.457 e. The first-order chi connectivity index (χ1) is 16.9. The lowest BCUT2D eigenvalue weighted by Gasteiger charge is -2.13. The van der Waals surface area contributed by atoms with E-state index in [0.717, 1.165) is 35.6 Å². The van der Waals surface area contributed by atoms with Gasteiger partial charge >= 0.3 is 6.18 Å². The maximum absolute atomic E-state index is 13.1. The zero-order chi connectivity index (χ0) is 26.2. The Balaban J connectivity index is 1.50. The highest BCUT2D eigenvalue weighted by Gasteiger charge is 2.37. The van der Waals surface area contributed by atoms with Gasteiger partial charge in [0.15, 0.2) is 5.69 Å². The van der Waals surface area contributed by atoms with E-state index in [1.807, 2.05) is 32.9 Å². The van der Waals surface area contributed by atoms with Crippen LogP contribution >= 0.6 is 0 Å². The van der Waals surface area contributed by atoms with Gasteiger partial charge in [0.25, 0.3) is 5.69 Å². The molecule has 0 spiro atoms. The molecule has 1 amide bonds. The van der Waals surface area contributed by atoms with Crippen molar-refractivity contribution in [1.29, 1.82) is 0 Å². The molecule has 0 saturated heterocycles. The van der Waals surface area contributed by atoms with Crippen molar-refractivity contribution in [3.8, 4) is 11.5 Å². The topological polar surface area (TPSA) is 99.3 Å². The maximum atomic E-state index is 13.1. The van der Waals surface area contributed by atoms with Crippen molar-refractivity contribution in [2.75, 3.05) is 5.32 Å². The molecule has 0 bridgehead atoms. The quantitative estimate of drug-likeness (QED) is 0.283. The van der Waals surface area contributed by atoms with Crippen LogP contribution in [0.4, 0.5) is 24.5 Å². The molecule has 0 aliphatic heterocycles. The molecule has 1 saturated carbocycles. The summed E-state index contributed by atoms with van der Waals surface area (Å²) >= 11 is 0. The predicted molar refractivity (Wildman–Crippen MR) is 126 cm³/mol. The molecule has 1 aliphatic rings. The fraction of sp³-hybridized carbons (Fsp3) is 0.360. The summed E-state index contributed by atoms with van der Waals surface area (Å²) in [4.78, 5) is 23.5. The second-order valence-electron chi connectivity index (χ2n) is 9.03. The predicted octanol–water partition coefficient (Wildman–Crippen LogP) is 6.43. The number of nitro benzene ring substituents is 1. The molecule has 36 heavy (non-hydrogen) atoms. The third-order valence-corrected chi connectivity index (χ3v) is 6.03. The van der Waals surface area contributed by atoms with Gasteiger partial charge in [0.05, 0.1) is 16.7 Å². The standard InChI is InChI=1S/C25H25F3N4O4/c1-14-8-15(2)16(3)22(9-14)36-20-11-18(10-19(12-20)32(34)35)29-24(33)6-7-31-21(17-4-5-17)13-23(30-31)25(26,27)28/h8-13,17H,4-7H2,1-3H3,(H,29,33). The minimum atomic E-state index is -4.56. The molecule has 190 valence electrons. The molecule has 0 atom stereocenters. The number of rotatable bonds is 8. The molecule has 1 N–H and O–H groups in total. The summed E-state index contributed by atoms with van der Waals surface area (Å²) in [5, 5.41) is 17.7. The zero-order valence-electron chi connectivity index (χ0n) is 20.0. The molecule has 4 rings (SSSR count). The Morgan fingerprint density at radius 2 is 1.89 bits per heavy atom. The molecule has 0 unspecified atom stereocenters. The first-order valence-electron chi connectivity index (χ1n) is 11.4. The van der Waals surface area contributed by atoms with E-state index in [1.54, 1.807) is 0 Å². The number of aryl methyl sites for hydroxylation is 3. The van der Waals surface area contributed by atoms with E-state index in [-0.39, 0.29) is 36.0 Å². The number of anilines is 1. The highest BCUT2D eigenvalue weighted by molar-refractivity contribution is 5.91. The highest BCUT2D eigenvalue weighted by Crippen LogP contribution is 2.42. The lowest BCUT2D eigenvalue weighted by Crippen LogP contribution is -2.16. The first-order valence-corrected chi connectivity index (χ1v) is 11.4. The number of hydrogen-bond acceptors (Lipinski definition) is 5. The summed E-state index contributed by atoms with van der Waals surface area (Å²) in [5.41, 5.74) is 2.19. The van der Waals surface area contributed by atoms with Gasteiger partial charge in [-0.1, -0.05) is 6.07 Å². The van der Waals surface area contributed by atoms with Gasteiger partial charge in [-0.2, -0.15) is 18.3 Å². The Hall–Kier alpha value is -3.89. The summed E-state index contributed by atoms with van der Waals surface area (Å²) in [5.74, 6) is 0.208. The number of nitrogens with zero attached hydrogens (tertiary/aromatic N) is 3. The fourth-order valence-electron chi connectivity index (χ4n) is 3.94. The van der Waals surface area contributed by atoms with E-state index >= 15 is 0 Å². The van der Waals surface area contributed by atoms with Crippen LogP contribution < -0.4 is 10.1 Å². The van der Waals surface area contributed by atoms with Gasteiger partial charge in [-0.25, -0.2) is 0 Å². The zero-order valence-corrected chi connectivity index (χ0v) is 20.0. The van der Waals surface area contributed by atoms with Gasteiger partial charge in [0.1, 0.15) is 11.5 Å². The molecule has 1 fully saturated rings. The van der Waals surface area contributed by atoms with Gasteiger partial charge in [0, 0.05) is 36.7 Å². The molecule has 2 aromatic carbocycles. The molecule has 1 aliphatic carbocycles. The molecular weight excluding hydrogens is 477 g/mol. The van der Waals surface area contributed by atoms with Crippen molar-refractivity contribution in [3.05, 3.63) is 74.6 Å². The second kappa shape index (κ2) is 9.63. The van der Waals surface area contributed by atoms with Gasteiger partial charge in [-0.15, -0.1) is 0 Å². The van der Waals surface area contributed by atoms with Crippen molar-refractivity contribution < 1.29 is 27.6 Å². The van der Waals surface area contributed by atoms with Crippen molar-refractivity contribution in [1.82, 2.24) is 9.78 Å². The van der Waals surface area contributed by atoms with Crippen molar-refractivity contribution >= 4 is 17.3 Å². The lowest BCUT2D eigenvalue weighted by molar-refractivity contribution is -0.384. The monoisotopic (exact) mass is 502 g/mol. The number of nitrogens with one attached hydrogen (secondary N) is 1. The molecule has 1 heterocycles. The summed E-state index contributed by atoms with van der Waals surface area (Å²) in [6, 6.07) is 8.77. The minimum absolute atomic E-state index is 0.0156. The van der Waals surface area contributed by atoms with Gasteiger partial charge in [0.2, 0.25) is 5.91 Å². The number of halogens is 3. The van der Waals surface area contributed by atoms with Crippen LogP contribution in [0, 0.1) is 30.9 Å². The number of nitro groups is 1. The Labute approximate surface area is 205 Å². The summed E-state index contributed by atoms with van der Waals surface area (Å²) < 4.78 is 46.4. The highest BCUT2D eigenvalue weighted by atomic mass is 19.4. The van der Waals surface area contributed by atoms with Crippen LogP contribution in [0.25, 0.3) is 0 Å². The van der Waals surface area contributed by atoms with Gasteiger partial charge in [-0.3, -0.25) is 19.6 Å². The molecule has 3 aromatic rings. The average Bonchev–Trinajstić information content (AvgIpc) is 3.53. The molecule has 1 aromatic heterocycles. The number of hydrogen-bond donors (Lipinski definition) is 1. The van der Waals surface area contributed by atoms with Crippen molar-refractivity contribution in [2.45, 2.75) is 58.7 Å². The number of non-ortho nitro benzene ring substituents is 1. The van der Waals surface area contributed by atoms with Crippen LogP contribution in [0.2, 0.25) is 0 Å². The van der Waals surface area contributed by atoms with Gasteiger partial charge in [-0.05, 0) is 62.4 Å². The van der Waals surface area contributed by atoms with E-state index in [1.165, 1.54) is 22.9 Å². The summed E-state index contributed by atoms with van der Waals surface area (Å²) in [7, 11) is 0. The number of ether oxygens (including phenoxy) is 1. The van der Waals surface area contributed by atoms with E-state index in [4.69, 9.17) is 4.74 Å². The third kappa shape index (κ3) is 5.84. The largest absolute Gasteiger partial charge is 0.457 e.